The van der Waals surface area contributed by atoms with E-state index in [1.807, 2.05) is 31.2 Å². The summed E-state index contributed by atoms with van der Waals surface area (Å²) in [5, 5.41) is 0. The molecule has 0 aliphatic heterocycles. The summed E-state index contributed by atoms with van der Waals surface area (Å²) in [5.41, 5.74) is 5.30. The summed E-state index contributed by atoms with van der Waals surface area (Å²) in [6.45, 7) is 1.94. The molecule has 0 radical (unpaired) electrons. The Morgan fingerprint density at radius 3 is 2.84 bits per heavy atom. The van der Waals surface area contributed by atoms with E-state index in [1.54, 1.807) is 12.3 Å². The van der Waals surface area contributed by atoms with E-state index in [9.17, 15) is 4.39 Å². The van der Waals surface area contributed by atoms with Crippen molar-refractivity contribution in [2.45, 2.75) is 25.8 Å². The fourth-order valence-corrected chi connectivity index (χ4v) is 2.10. The second kappa shape index (κ2) is 6.41. The molecule has 0 saturated carbocycles. The van der Waals surface area contributed by atoms with Crippen molar-refractivity contribution >= 4 is 0 Å². The number of nitrogens with zero attached hydrogens (tertiary/aromatic N) is 1. The molecule has 0 aliphatic rings. The zero-order chi connectivity index (χ0) is 13.7. The Hall–Kier alpha value is -1.78. The van der Waals surface area contributed by atoms with Crippen molar-refractivity contribution in [1.29, 1.82) is 0 Å². The van der Waals surface area contributed by atoms with Gasteiger partial charge in [0.25, 0.3) is 0 Å². The first kappa shape index (κ1) is 13.6. The Kier molecular flexibility index (Phi) is 4.60. The average Bonchev–Trinajstić information content (AvgIpc) is 2.44. The minimum absolute atomic E-state index is 0.207. The quantitative estimate of drug-likeness (QED) is 0.641. The van der Waals surface area contributed by atoms with Crippen LogP contribution in [-0.4, -0.2) is 4.98 Å². The zero-order valence-corrected chi connectivity index (χ0v) is 10.9. The van der Waals surface area contributed by atoms with Gasteiger partial charge in [-0.1, -0.05) is 23.8 Å². The van der Waals surface area contributed by atoms with Crippen LogP contribution in [0.2, 0.25) is 0 Å². The summed E-state index contributed by atoms with van der Waals surface area (Å²) in [6.07, 6.45) is 3.21. The molecule has 0 fully saturated rings. The number of halogens is 1. The molecular formula is C15H18FN3. The van der Waals surface area contributed by atoms with Crippen molar-refractivity contribution in [2.75, 3.05) is 0 Å². The Balaban J connectivity index is 2.10. The topological polar surface area (TPSA) is 50.9 Å². The molecule has 100 valence electrons. The molecule has 0 aliphatic carbocycles. The highest BCUT2D eigenvalue weighted by Crippen LogP contribution is 2.22. The molecule has 1 aromatic heterocycles. The minimum Gasteiger partial charge on any atom is -0.271 e. The average molecular weight is 259 g/mol. The van der Waals surface area contributed by atoms with Gasteiger partial charge >= 0.3 is 0 Å². The van der Waals surface area contributed by atoms with Crippen LogP contribution in [0.1, 0.15) is 29.3 Å². The van der Waals surface area contributed by atoms with Gasteiger partial charge in [0.2, 0.25) is 0 Å². The molecule has 1 unspecified atom stereocenters. The Bertz CT molecular complexity index is 528. The van der Waals surface area contributed by atoms with E-state index in [0.717, 1.165) is 17.7 Å². The molecule has 0 bridgehead atoms. The third-order valence-electron chi connectivity index (χ3n) is 3.14. The molecule has 3 nitrogen and oxygen atoms in total. The molecule has 3 N–H and O–H groups in total. The maximum Gasteiger partial charge on any atom is 0.128 e. The van der Waals surface area contributed by atoms with Crippen molar-refractivity contribution < 1.29 is 4.39 Å². The molecule has 1 atom stereocenters. The maximum atomic E-state index is 13.8. The number of aromatic nitrogens is 1. The van der Waals surface area contributed by atoms with Gasteiger partial charge in [-0.15, -0.1) is 0 Å². The number of nitrogens with two attached hydrogens (primary N) is 1. The summed E-state index contributed by atoms with van der Waals surface area (Å²) in [6, 6.07) is 10.6. The highest BCUT2D eigenvalue weighted by Gasteiger charge is 2.14. The van der Waals surface area contributed by atoms with Crippen LogP contribution in [0.4, 0.5) is 4.39 Å². The number of benzene rings is 1. The predicted molar refractivity (Wildman–Crippen MR) is 73.8 cm³/mol. The number of hydrazine groups is 1. The first-order chi connectivity index (χ1) is 9.20. The van der Waals surface area contributed by atoms with Crippen LogP contribution in [0.5, 0.6) is 0 Å². The van der Waals surface area contributed by atoms with Crippen molar-refractivity contribution in [1.82, 2.24) is 10.4 Å². The third-order valence-corrected chi connectivity index (χ3v) is 3.14. The number of hydrogen-bond acceptors (Lipinski definition) is 3. The fourth-order valence-electron chi connectivity index (χ4n) is 2.10. The fraction of sp³-hybridized carbons (Fsp3) is 0.267. The molecule has 0 amide bonds. The summed E-state index contributed by atoms with van der Waals surface area (Å²) in [5.74, 6) is 5.32. The summed E-state index contributed by atoms with van der Waals surface area (Å²) < 4.78 is 13.8. The Morgan fingerprint density at radius 1 is 1.32 bits per heavy atom. The van der Waals surface area contributed by atoms with Crippen molar-refractivity contribution in [3.63, 3.8) is 0 Å². The van der Waals surface area contributed by atoms with E-state index in [1.165, 1.54) is 6.07 Å². The third kappa shape index (κ3) is 3.59. The van der Waals surface area contributed by atoms with E-state index in [-0.39, 0.29) is 11.9 Å². The van der Waals surface area contributed by atoms with Crippen molar-refractivity contribution in [3.05, 3.63) is 65.2 Å². The molecule has 0 saturated heterocycles. The standard InChI is InChI=1S/C15H18FN3/c1-11-5-7-14(16)13(10-11)15(19-17)8-6-12-4-2-3-9-18-12/h2-5,7,9-10,15,19H,6,8,17H2,1H3. The maximum absolute atomic E-state index is 13.8. The van der Waals surface area contributed by atoms with Gasteiger partial charge < -0.3 is 0 Å². The molecule has 1 aromatic carbocycles. The van der Waals surface area contributed by atoms with Gasteiger partial charge in [0.1, 0.15) is 5.82 Å². The number of aryl methyl sites for hydroxylation is 2. The largest absolute Gasteiger partial charge is 0.271 e. The van der Waals surface area contributed by atoms with E-state index in [2.05, 4.69) is 10.4 Å². The lowest BCUT2D eigenvalue weighted by molar-refractivity contribution is 0.483. The molecule has 2 rings (SSSR count). The summed E-state index contributed by atoms with van der Waals surface area (Å²) in [7, 11) is 0. The summed E-state index contributed by atoms with van der Waals surface area (Å²) in [4.78, 5) is 4.26. The smallest absolute Gasteiger partial charge is 0.128 e. The second-order valence-corrected chi connectivity index (χ2v) is 4.60. The van der Waals surface area contributed by atoms with Crippen molar-refractivity contribution in [2.24, 2.45) is 5.84 Å². The Morgan fingerprint density at radius 2 is 2.16 bits per heavy atom. The van der Waals surface area contributed by atoms with Gasteiger partial charge in [0.05, 0.1) is 0 Å². The van der Waals surface area contributed by atoms with Crippen LogP contribution in [0, 0.1) is 12.7 Å². The SMILES string of the molecule is Cc1ccc(F)c(C(CCc2ccccn2)NN)c1. The lowest BCUT2D eigenvalue weighted by atomic mass is 9.99. The Labute approximate surface area is 112 Å². The van der Waals surface area contributed by atoms with Gasteiger partial charge in [-0.25, -0.2) is 4.39 Å². The minimum atomic E-state index is -0.227. The molecule has 19 heavy (non-hydrogen) atoms. The number of rotatable bonds is 5. The monoisotopic (exact) mass is 259 g/mol. The highest BCUT2D eigenvalue weighted by atomic mass is 19.1. The predicted octanol–water partition coefficient (Wildman–Crippen LogP) is 2.67. The molecule has 4 heteroatoms. The normalized spacial score (nSPS) is 12.4. The van der Waals surface area contributed by atoms with Crippen molar-refractivity contribution in [3.8, 4) is 0 Å². The lowest BCUT2D eigenvalue weighted by Crippen LogP contribution is -2.29. The number of hydrogen-bond donors (Lipinski definition) is 2. The second-order valence-electron chi connectivity index (χ2n) is 4.60. The summed E-state index contributed by atoms with van der Waals surface area (Å²) >= 11 is 0. The lowest BCUT2D eigenvalue weighted by Gasteiger charge is -2.17. The van der Waals surface area contributed by atoms with Crippen LogP contribution >= 0.6 is 0 Å². The molecular weight excluding hydrogens is 241 g/mol. The van der Waals surface area contributed by atoms with E-state index >= 15 is 0 Å². The van der Waals surface area contributed by atoms with Crippen LogP contribution in [0.25, 0.3) is 0 Å². The first-order valence-corrected chi connectivity index (χ1v) is 6.33. The number of nitrogens with one attached hydrogen (secondary N) is 1. The van der Waals surface area contributed by atoms with Gasteiger partial charge in [-0.3, -0.25) is 16.3 Å². The molecule has 0 spiro atoms. The van der Waals surface area contributed by atoms with E-state index in [0.29, 0.717) is 12.0 Å². The van der Waals surface area contributed by atoms with E-state index in [4.69, 9.17) is 5.84 Å². The van der Waals surface area contributed by atoms with E-state index < -0.39 is 0 Å². The van der Waals surface area contributed by atoms with Gasteiger partial charge in [0.15, 0.2) is 0 Å². The van der Waals surface area contributed by atoms with Crippen LogP contribution < -0.4 is 11.3 Å². The van der Waals surface area contributed by atoms with Gasteiger partial charge in [-0.05, 0) is 38.0 Å². The van der Waals surface area contributed by atoms with Gasteiger partial charge in [0, 0.05) is 23.5 Å². The zero-order valence-electron chi connectivity index (χ0n) is 10.9. The van der Waals surface area contributed by atoms with Crippen LogP contribution in [0.3, 0.4) is 0 Å². The number of pyridine rings is 1. The van der Waals surface area contributed by atoms with Crippen LogP contribution in [0.15, 0.2) is 42.6 Å². The highest BCUT2D eigenvalue weighted by molar-refractivity contribution is 5.27. The first-order valence-electron chi connectivity index (χ1n) is 6.33. The van der Waals surface area contributed by atoms with Gasteiger partial charge in [-0.2, -0.15) is 0 Å². The molecule has 2 aromatic rings. The van der Waals surface area contributed by atoms with Crippen LogP contribution in [-0.2, 0) is 6.42 Å². The molecule has 1 heterocycles.